The molecule has 6 heteroatoms. The Labute approximate surface area is 135 Å². The van der Waals surface area contributed by atoms with Crippen molar-refractivity contribution in [3.05, 3.63) is 63.3 Å². The van der Waals surface area contributed by atoms with Gasteiger partial charge in [-0.3, -0.25) is 4.79 Å². The maximum atomic E-state index is 13.2. The van der Waals surface area contributed by atoms with Gasteiger partial charge in [0.1, 0.15) is 11.4 Å². The second-order valence-electron chi connectivity index (χ2n) is 4.75. The van der Waals surface area contributed by atoms with E-state index in [-0.39, 0.29) is 0 Å². The van der Waals surface area contributed by atoms with Crippen LogP contribution in [0, 0.1) is 5.82 Å². The van der Waals surface area contributed by atoms with Gasteiger partial charge in [0.25, 0.3) is 0 Å². The summed E-state index contributed by atoms with van der Waals surface area (Å²) in [6.07, 6.45) is 0. The minimum Gasteiger partial charge on any atom is -0.368 e. The van der Waals surface area contributed by atoms with E-state index in [1.54, 1.807) is 31.2 Å². The second-order valence-corrected chi connectivity index (χ2v) is 6.04. The maximum absolute atomic E-state index is 13.2. The van der Waals surface area contributed by atoms with Gasteiger partial charge in [-0.05, 0) is 37.3 Å². The first-order chi connectivity index (χ1) is 9.83. The minimum atomic E-state index is -1.21. The Morgan fingerprint density at radius 2 is 2.05 bits per heavy atom. The van der Waals surface area contributed by atoms with Gasteiger partial charge in [-0.15, -0.1) is 0 Å². The van der Waals surface area contributed by atoms with Crippen LogP contribution >= 0.6 is 27.5 Å². The average molecular weight is 372 g/mol. The Bertz CT molecular complexity index is 695. The van der Waals surface area contributed by atoms with Crippen LogP contribution in [0.1, 0.15) is 12.5 Å². The first-order valence-corrected chi connectivity index (χ1v) is 7.29. The number of primary amides is 1. The van der Waals surface area contributed by atoms with Crippen molar-refractivity contribution in [2.75, 3.05) is 5.32 Å². The molecule has 21 heavy (non-hydrogen) atoms. The molecule has 0 aliphatic carbocycles. The molecule has 1 amide bonds. The second kappa shape index (κ2) is 6.03. The van der Waals surface area contributed by atoms with Gasteiger partial charge in [-0.25, -0.2) is 4.39 Å². The van der Waals surface area contributed by atoms with Gasteiger partial charge in [0.2, 0.25) is 5.91 Å². The zero-order chi connectivity index (χ0) is 15.6. The quantitative estimate of drug-likeness (QED) is 0.852. The van der Waals surface area contributed by atoms with E-state index in [9.17, 15) is 9.18 Å². The predicted octanol–water partition coefficient (Wildman–Crippen LogP) is 4.05. The monoisotopic (exact) mass is 370 g/mol. The molecule has 2 aromatic carbocycles. The van der Waals surface area contributed by atoms with Crippen molar-refractivity contribution in [2.24, 2.45) is 5.73 Å². The zero-order valence-corrected chi connectivity index (χ0v) is 13.5. The van der Waals surface area contributed by atoms with Crippen LogP contribution in [-0.2, 0) is 10.3 Å². The Balaban J connectivity index is 2.48. The van der Waals surface area contributed by atoms with Gasteiger partial charge in [-0.1, -0.05) is 39.7 Å². The highest BCUT2D eigenvalue weighted by Crippen LogP contribution is 2.32. The van der Waals surface area contributed by atoms with Gasteiger partial charge in [0, 0.05) is 20.7 Å². The van der Waals surface area contributed by atoms with E-state index in [4.69, 9.17) is 17.3 Å². The largest absolute Gasteiger partial charge is 0.368 e. The van der Waals surface area contributed by atoms with Gasteiger partial charge in [0.05, 0.1) is 0 Å². The highest BCUT2D eigenvalue weighted by Gasteiger charge is 2.35. The lowest BCUT2D eigenvalue weighted by Crippen LogP contribution is -2.45. The number of hydrogen-bond donors (Lipinski definition) is 2. The van der Waals surface area contributed by atoms with Gasteiger partial charge in [0.15, 0.2) is 0 Å². The van der Waals surface area contributed by atoms with Gasteiger partial charge >= 0.3 is 0 Å². The molecule has 0 radical (unpaired) electrons. The van der Waals surface area contributed by atoms with Crippen LogP contribution in [0.15, 0.2) is 46.9 Å². The number of nitrogens with two attached hydrogens (primary N) is 1. The molecule has 110 valence electrons. The van der Waals surface area contributed by atoms with Gasteiger partial charge in [-0.2, -0.15) is 0 Å². The molecule has 0 saturated carbocycles. The summed E-state index contributed by atoms with van der Waals surface area (Å²) in [6.45, 7) is 1.63. The fourth-order valence-corrected chi connectivity index (χ4v) is 2.95. The van der Waals surface area contributed by atoms with E-state index in [1.807, 2.05) is 0 Å². The third-order valence-corrected chi connectivity index (χ3v) is 4.07. The van der Waals surface area contributed by atoms with E-state index < -0.39 is 17.3 Å². The summed E-state index contributed by atoms with van der Waals surface area (Å²) in [5.74, 6) is -0.991. The van der Waals surface area contributed by atoms with Crippen LogP contribution in [0.5, 0.6) is 0 Å². The van der Waals surface area contributed by atoms with Crippen LogP contribution in [0.3, 0.4) is 0 Å². The third-order valence-electron chi connectivity index (χ3n) is 3.18. The van der Waals surface area contributed by atoms with E-state index in [1.165, 1.54) is 18.2 Å². The van der Waals surface area contributed by atoms with Crippen molar-refractivity contribution in [2.45, 2.75) is 12.5 Å². The number of halogens is 3. The Morgan fingerprint density at radius 1 is 1.33 bits per heavy atom. The van der Waals surface area contributed by atoms with Crippen molar-refractivity contribution >= 4 is 39.1 Å². The summed E-state index contributed by atoms with van der Waals surface area (Å²) >= 11 is 9.20. The lowest BCUT2D eigenvalue weighted by Gasteiger charge is -2.30. The number of anilines is 1. The van der Waals surface area contributed by atoms with Crippen LogP contribution in [0.25, 0.3) is 0 Å². The first-order valence-electron chi connectivity index (χ1n) is 6.12. The van der Waals surface area contributed by atoms with Crippen LogP contribution in [-0.4, -0.2) is 5.91 Å². The van der Waals surface area contributed by atoms with Crippen molar-refractivity contribution in [3.8, 4) is 0 Å². The molecule has 0 saturated heterocycles. The van der Waals surface area contributed by atoms with E-state index in [0.717, 1.165) is 0 Å². The predicted molar refractivity (Wildman–Crippen MR) is 85.7 cm³/mol. The van der Waals surface area contributed by atoms with Crippen LogP contribution in [0.4, 0.5) is 10.1 Å². The molecular weight excluding hydrogens is 359 g/mol. The average Bonchev–Trinajstić information content (AvgIpc) is 2.38. The summed E-state index contributed by atoms with van der Waals surface area (Å²) in [5, 5.41) is 3.59. The number of rotatable bonds is 4. The smallest absolute Gasteiger partial charge is 0.247 e. The minimum absolute atomic E-state index is 0.403. The Morgan fingerprint density at radius 3 is 2.62 bits per heavy atom. The number of carbonyl (C=O) groups excluding carboxylic acids is 1. The fourth-order valence-electron chi connectivity index (χ4n) is 2.01. The standard InChI is InChI=1S/C15H13BrClFN2O/c1-15(14(19)21,12-6-5-10(18)8-13(12)16)20-11-4-2-3-9(17)7-11/h2-8,20H,1H3,(H2,19,21). The Kier molecular flexibility index (Phi) is 4.54. The van der Waals surface area contributed by atoms with Crippen molar-refractivity contribution in [1.29, 1.82) is 0 Å². The molecule has 2 aromatic rings. The molecular formula is C15H13BrClFN2O. The number of amides is 1. The molecule has 1 atom stereocenters. The highest BCUT2D eigenvalue weighted by atomic mass is 79.9. The number of benzene rings is 2. The highest BCUT2D eigenvalue weighted by molar-refractivity contribution is 9.10. The first kappa shape index (κ1) is 15.8. The third kappa shape index (κ3) is 3.36. The summed E-state index contributed by atoms with van der Waals surface area (Å²) in [7, 11) is 0. The lowest BCUT2D eigenvalue weighted by molar-refractivity contribution is -0.122. The molecule has 0 fully saturated rings. The van der Waals surface area contributed by atoms with E-state index in [0.29, 0.717) is 20.7 Å². The summed E-state index contributed by atoms with van der Waals surface area (Å²) in [4.78, 5) is 12.0. The molecule has 2 rings (SSSR count). The van der Waals surface area contributed by atoms with Crippen molar-refractivity contribution < 1.29 is 9.18 Å². The molecule has 0 bridgehead atoms. The van der Waals surface area contributed by atoms with E-state index >= 15 is 0 Å². The molecule has 3 nitrogen and oxygen atoms in total. The zero-order valence-electron chi connectivity index (χ0n) is 11.2. The van der Waals surface area contributed by atoms with Crippen LogP contribution in [0.2, 0.25) is 5.02 Å². The molecule has 0 aromatic heterocycles. The molecule has 0 aliphatic heterocycles. The number of carbonyl (C=O) groups is 1. The SMILES string of the molecule is CC(Nc1cccc(Cl)c1)(C(N)=O)c1ccc(F)cc1Br. The molecule has 3 N–H and O–H groups in total. The molecule has 1 unspecified atom stereocenters. The maximum Gasteiger partial charge on any atom is 0.247 e. The normalized spacial score (nSPS) is 13.5. The van der Waals surface area contributed by atoms with Gasteiger partial charge < -0.3 is 11.1 Å². The molecule has 0 aliphatic rings. The molecule has 0 spiro atoms. The van der Waals surface area contributed by atoms with Crippen molar-refractivity contribution in [3.63, 3.8) is 0 Å². The van der Waals surface area contributed by atoms with Crippen LogP contribution < -0.4 is 11.1 Å². The topological polar surface area (TPSA) is 55.1 Å². The van der Waals surface area contributed by atoms with Crippen molar-refractivity contribution in [1.82, 2.24) is 0 Å². The lowest BCUT2D eigenvalue weighted by atomic mass is 9.90. The number of nitrogens with one attached hydrogen (secondary N) is 1. The number of hydrogen-bond acceptors (Lipinski definition) is 2. The Hall–Kier alpha value is -1.59. The summed E-state index contributed by atoms with van der Waals surface area (Å²) in [6, 6.07) is 11.0. The molecule has 0 heterocycles. The van der Waals surface area contributed by atoms with E-state index in [2.05, 4.69) is 21.2 Å². The summed E-state index contributed by atoms with van der Waals surface area (Å²) < 4.78 is 13.7. The summed E-state index contributed by atoms with van der Waals surface area (Å²) in [5.41, 5.74) is 5.51. The fraction of sp³-hybridized carbons (Fsp3) is 0.133.